The van der Waals surface area contributed by atoms with Crippen molar-refractivity contribution in [2.45, 2.75) is 20.3 Å². The van der Waals surface area contributed by atoms with Crippen molar-refractivity contribution in [1.29, 1.82) is 0 Å². The Kier molecular flexibility index (Phi) is 2.05. The van der Waals surface area contributed by atoms with Crippen molar-refractivity contribution < 1.29 is 0 Å². The number of fused-ring (bicyclic) bond motifs is 1. The standard InChI is InChI=1S/C13H14/c1-3-11-5-7-12-6-4-10(2)8-13(12)9-11/h4-9H,3H2,1-2H3. The second-order valence-corrected chi connectivity index (χ2v) is 3.54. The summed E-state index contributed by atoms with van der Waals surface area (Å²) in [5, 5.41) is 2.70. The van der Waals surface area contributed by atoms with E-state index in [9.17, 15) is 0 Å². The molecule has 0 atom stereocenters. The summed E-state index contributed by atoms with van der Waals surface area (Å²) in [7, 11) is 0. The second kappa shape index (κ2) is 3.21. The van der Waals surface area contributed by atoms with Crippen LogP contribution in [0.25, 0.3) is 10.8 Å². The van der Waals surface area contributed by atoms with Gasteiger partial charge in [-0.25, -0.2) is 0 Å². The zero-order valence-corrected chi connectivity index (χ0v) is 8.17. The Morgan fingerprint density at radius 3 is 2.46 bits per heavy atom. The van der Waals surface area contributed by atoms with Gasteiger partial charge in [-0.15, -0.1) is 0 Å². The summed E-state index contributed by atoms with van der Waals surface area (Å²) in [6.07, 6.45) is 1.11. The molecule has 2 aromatic rings. The summed E-state index contributed by atoms with van der Waals surface area (Å²) < 4.78 is 0. The van der Waals surface area contributed by atoms with Gasteiger partial charge in [0.2, 0.25) is 0 Å². The molecule has 0 saturated carbocycles. The highest BCUT2D eigenvalue weighted by molar-refractivity contribution is 5.83. The predicted molar refractivity (Wildman–Crippen MR) is 58.1 cm³/mol. The van der Waals surface area contributed by atoms with Crippen LogP contribution < -0.4 is 0 Å². The number of aryl methyl sites for hydroxylation is 2. The van der Waals surface area contributed by atoms with Gasteiger partial charge in [-0.05, 0) is 29.7 Å². The van der Waals surface area contributed by atoms with Crippen molar-refractivity contribution in [3.63, 3.8) is 0 Å². The van der Waals surface area contributed by atoms with Gasteiger partial charge in [0.05, 0.1) is 0 Å². The Balaban J connectivity index is 2.68. The SMILES string of the molecule is CCc1ccc2ccc(C)cc2c1. The van der Waals surface area contributed by atoms with E-state index in [1.165, 1.54) is 21.9 Å². The zero-order chi connectivity index (χ0) is 9.26. The summed E-state index contributed by atoms with van der Waals surface area (Å²) in [6, 6.07) is 13.3. The molecule has 0 aliphatic heterocycles. The third kappa shape index (κ3) is 1.57. The minimum atomic E-state index is 1.11. The first-order chi connectivity index (χ1) is 6.29. The van der Waals surface area contributed by atoms with Crippen LogP contribution in [-0.2, 0) is 6.42 Å². The fourth-order valence-electron chi connectivity index (χ4n) is 1.64. The van der Waals surface area contributed by atoms with E-state index in [1.807, 2.05) is 0 Å². The fraction of sp³-hybridized carbons (Fsp3) is 0.231. The summed E-state index contributed by atoms with van der Waals surface area (Å²) in [5.74, 6) is 0. The van der Waals surface area contributed by atoms with Gasteiger partial charge < -0.3 is 0 Å². The number of rotatable bonds is 1. The summed E-state index contributed by atoms with van der Waals surface area (Å²) >= 11 is 0. The summed E-state index contributed by atoms with van der Waals surface area (Å²) in [4.78, 5) is 0. The quantitative estimate of drug-likeness (QED) is 0.612. The molecule has 13 heavy (non-hydrogen) atoms. The maximum atomic E-state index is 2.28. The van der Waals surface area contributed by atoms with Crippen LogP contribution in [0.1, 0.15) is 18.1 Å². The van der Waals surface area contributed by atoms with Gasteiger partial charge in [0.1, 0.15) is 0 Å². The highest BCUT2D eigenvalue weighted by Gasteiger charge is 1.94. The summed E-state index contributed by atoms with van der Waals surface area (Å²) in [6.45, 7) is 4.33. The van der Waals surface area contributed by atoms with Crippen molar-refractivity contribution in [2.75, 3.05) is 0 Å². The molecule has 0 spiro atoms. The van der Waals surface area contributed by atoms with Crippen LogP contribution in [0.2, 0.25) is 0 Å². The van der Waals surface area contributed by atoms with E-state index in [-0.39, 0.29) is 0 Å². The molecule has 2 aromatic carbocycles. The molecule has 0 nitrogen and oxygen atoms in total. The van der Waals surface area contributed by atoms with Crippen molar-refractivity contribution in [2.24, 2.45) is 0 Å². The van der Waals surface area contributed by atoms with Crippen LogP contribution in [0.4, 0.5) is 0 Å². The molecule has 66 valence electrons. The fourth-order valence-corrected chi connectivity index (χ4v) is 1.64. The van der Waals surface area contributed by atoms with E-state index in [2.05, 4.69) is 50.2 Å². The minimum absolute atomic E-state index is 1.11. The first kappa shape index (κ1) is 8.31. The van der Waals surface area contributed by atoms with E-state index in [0.29, 0.717) is 0 Å². The van der Waals surface area contributed by atoms with Crippen LogP contribution in [0, 0.1) is 6.92 Å². The van der Waals surface area contributed by atoms with Gasteiger partial charge in [0.25, 0.3) is 0 Å². The van der Waals surface area contributed by atoms with Crippen molar-refractivity contribution >= 4 is 10.8 Å². The molecular formula is C13H14. The molecule has 2 rings (SSSR count). The first-order valence-corrected chi connectivity index (χ1v) is 4.79. The molecular weight excluding hydrogens is 156 g/mol. The van der Waals surface area contributed by atoms with E-state index in [1.54, 1.807) is 0 Å². The molecule has 0 heteroatoms. The van der Waals surface area contributed by atoms with Gasteiger partial charge in [-0.2, -0.15) is 0 Å². The highest BCUT2D eigenvalue weighted by Crippen LogP contribution is 2.17. The second-order valence-electron chi connectivity index (χ2n) is 3.54. The smallest absolute Gasteiger partial charge is 0.0179 e. The summed E-state index contributed by atoms with van der Waals surface area (Å²) in [5.41, 5.74) is 2.75. The predicted octanol–water partition coefficient (Wildman–Crippen LogP) is 3.71. The molecule has 0 aromatic heterocycles. The van der Waals surface area contributed by atoms with Gasteiger partial charge in [-0.3, -0.25) is 0 Å². The van der Waals surface area contributed by atoms with Crippen LogP contribution in [0.5, 0.6) is 0 Å². The molecule has 0 unspecified atom stereocenters. The lowest BCUT2D eigenvalue weighted by Crippen LogP contribution is -1.81. The van der Waals surface area contributed by atoms with Crippen molar-refractivity contribution in [3.8, 4) is 0 Å². The third-order valence-electron chi connectivity index (χ3n) is 2.47. The normalized spacial score (nSPS) is 10.6. The molecule has 0 N–H and O–H groups in total. The maximum absolute atomic E-state index is 2.28. The van der Waals surface area contributed by atoms with Gasteiger partial charge in [-0.1, -0.05) is 48.9 Å². The molecule has 0 saturated heterocycles. The van der Waals surface area contributed by atoms with E-state index in [4.69, 9.17) is 0 Å². The minimum Gasteiger partial charge on any atom is -0.0613 e. The van der Waals surface area contributed by atoms with E-state index < -0.39 is 0 Å². The molecule has 0 aliphatic rings. The maximum Gasteiger partial charge on any atom is -0.0179 e. The molecule has 0 fully saturated rings. The Bertz CT molecular complexity index is 427. The Morgan fingerprint density at radius 2 is 1.69 bits per heavy atom. The Morgan fingerprint density at radius 1 is 0.923 bits per heavy atom. The molecule has 0 bridgehead atoms. The first-order valence-electron chi connectivity index (χ1n) is 4.79. The van der Waals surface area contributed by atoms with Crippen LogP contribution in [0.3, 0.4) is 0 Å². The third-order valence-corrected chi connectivity index (χ3v) is 2.47. The van der Waals surface area contributed by atoms with Gasteiger partial charge in [0.15, 0.2) is 0 Å². The van der Waals surface area contributed by atoms with Crippen LogP contribution in [-0.4, -0.2) is 0 Å². The van der Waals surface area contributed by atoms with Gasteiger partial charge >= 0.3 is 0 Å². The van der Waals surface area contributed by atoms with Crippen molar-refractivity contribution in [1.82, 2.24) is 0 Å². The average molecular weight is 170 g/mol. The molecule has 0 radical (unpaired) electrons. The molecule has 0 heterocycles. The number of hydrogen-bond acceptors (Lipinski definition) is 0. The highest BCUT2D eigenvalue weighted by atomic mass is 14.0. The van der Waals surface area contributed by atoms with Crippen LogP contribution in [0.15, 0.2) is 36.4 Å². The Hall–Kier alpha value is -1.30. The molecule has 0 amide bonds. The zero-order valence-electron chi connectivity index (χ0n) is 8.17. The average Bonchev–Trinajstić information content (AvgIpc) is 2.16. The van der Waals surface area contributed by atoms with Gasteiger partial charge in [0, 0.05) is 0 Å². The lowest BCUT2D eigenvalue weighted by Gasteiger charge is -2.01. The number of benzene rings is 2. The molecule has 0 aliphatic carbocycles. The Labute approximate surface area is 79.2 Å². The van der Waals surface area contributed by atoms with E-state index >= 15 is 0 Å². The van der Waals surface area contributed by atoms with E-state index in [0.717, 1.165) is 6.42 Å². The lowest BCUT2D eigenvalue weighted by molar-refractivity contribution is 1.15. The van der Waals surface area contributed by atoms with Crippen LogP contribution >= 0.6 is 0 Å². The largest absolute Gasteiger partial charge is 0.0613 e. The topological polar surface area (TPSA) is 0 Å². The lowest BCUT2D eigenvalue weighted by atomic mass is 10.0. The monoisotopic (exact) mass is 170 g/mol. The van der Waals surface area contributed by atoms with Crippen molar-refractivity contribution in [3.05, 3.63) is 47.5 Å². The number of hydrogen-bond donors (Lipinski definition) is 0.